The molecule has 0 unspecified atom stereocenters. The number of ether oxygens (including phenoxy) is 2. The Hall–Kier alpha value is -0.840. The molecule has 4 heteroatoms. The summed E-state index contributed by atoms with van der Waals surface area (Å²) in [6.45, 7) is 2.48. The Labute approximate surface area is 134 Å². The van der Waals surface area contributed by atoms with E-state index in [0.717, 1.165) is 55.7 Å². The molecule has 2 atom stereocenters. The number of nitrogens with one attached hydrogen (secondary N) is 1. The molecule has 1 aromatic carbocycles. The van der Waals surface area contributed by atoms with Crippen molar-refractivity contribution < 1.29 is 9.47 Å². The second-order valence-electron chi connectivity index (χ2n) is 5.63. The molecular formula is C17H22BrNO2. The maximum Gasteiger partial charge on any atom is 0.125 e. The average molecular weight is 352 g/mol. The molecular weight excluding hydrogens is 330 g/mol. The molecule has 0 aliphatic carbocycles. The van der Waals surface area contributed by atoms with Gasteiger partial charge in [0.05, 0.1) is 19.3 Å². The van der Waals surface area contributed by atoms with Crippen molar-refractivity contribution in [3.05, 3.63) is 40.4 Å². The molecule has 1 N–H and O–H groups in total. The first-order chi connectivity index (χ1) is 10.3. The van der Waals surface area contributed by atoms with Crippen LogP contribution in [0.15, 0.2) is 34.8 Å². The van der Waals surface area contributed by atoms with E-state index < -0.39 is 0 Å². The number of fused-ring (bicyclic) bond motifs is 4. The minimum absolute atomic E-state index is 0.316. The third kappa shape index (κ3) is 4.09. The normalized spacial score (nSPS) is 28.2. The fourth-order valence-electron chi connectivity index (χ4n) is 2.95. The second-order valence-corrected chi connectivity index (χ2v) is 6.55. The van der Waals surface area contributed by atoms with Gasteiger partial charge in [-0.2, -0.15) is 0 Å². The van der Waals surface area contributed by atoms with Crippen LogP contribution < -0.4 is 10.1 Å². The summed E-state index contributed by atoms with van der Waals surface area (Å²) in [4.78, 5) is 0. The van der Waals surface area contributed by atoms with Crippen molar-refractivity contribution in [2.24, 2.45) is 0 Å². The van der Waals surface area contributed by atoms with Crippen LogP contribution in [0.4, 0.5) is 0 Å². The van der Waals surface area contributed by atoms with Crippen molar-refractivity contribution in [2.75, 3.05) is 19.8 Å². The van der Waals surface area contributed by atoms with Gasteiger partial charge < -0.3 is 14.8 Å². The zero-order valence-corrected chi connectivity index (χ0v) is 13.8. The van der Waals surface area contributed by atoms with E-state index in [-0.39, 0.29) is 0 Å². The number of rotatable bonds is 0. The molecule has 0 saturated carbocycles. The third-order valence-electron chi connectivity index (χ3n) is 4.07. The van der Waals surface area contributed by atoms with Gasteiger partial charge in [0.2, 0.25) is 0 Å². The van der Waals surface area contributed by atoms with Gasteiger partial charge in [-0.15, -0.1) is 0 Å². The van der Waals surface area contributed by atoms with Crippen LogP contribution >= 0.6 is 15.9 Å². The molecule has 0 amide bonds. The predicted molar refractivity (Wildman–Crippen MR) is 87.7 cm³/mol. The lowest BCUT2D eigenvalue weighted by Gasteiger charge is -2.31. The molecule has 0 spiro atoms. The molecule has 2 heterocycles. The summed E-state index contributed by atoms with van der Waals surface area (Å²) < 4.78 is 13.1. The number of hydrogen-bond acceptors (Lipinski definition) is 3. The van der Waals surface area contributed by atoms with E-state index in [4.69, 9.17) is 9.47 Å². The highest BCUT2D eigenvalue weighted by atomic mass is 79.9. The molecule has 3 rings (SSSR count). The summed E-state index contributed by atoms with van der Waals surface area (Å²) in [6.07, 6.45) is 8.82. The molecule has 0 aromatic heterocycles. The molecule has 21 heavy (non-hydrogen) atoms. The van der Waals surface area contributed by atoms with Gasteiger partial charge in [0.25, 0.3) is 0 Å². The summed E-state index contributed by atoms with van der Waals surface area (Å²) in [5, 5.41) is 3.60. The molecule has 2 bridgehead atoms. The fraction of sp³-hybridized carbons (Fsp3) is 0.529. The van der Waals surface area contributed by atoms with E-state index in [2.05, 4.69) is 51.6 Å². The quantitative estimate of drug-likeness (QED) is 0.717. The van der Waals surface area contributed by atoms with Gasteiger partial charge in [-0.25, -0.2) is 0 Å². The highest BCUT2D eigenvalue weighted by Crippen LogP contribution is 2.34. The molecule has 114 valence electrons. The molecule has 1 fully saturated rings. The standard InChI is InChI=1S/C17H22BrNO2/c18-13-5-6-15-16-12-14(7-8-19-16)20-9-3-1-2-4-10-21-17(15)11-13/h1,3,5-6,11,14,16,19H,2,4,7-10,12H2/b3-1-/t14-,16-/m0/s1. The van der Waals surface area contributed by atoms with Crippen LogP contribution in [0.25, 0.3) is 0 Å². The fourth-order valence-corrected chi connectivity index (χ4v) is 3.29. The Bertz CT molecular complexity index is 504. The summed E-state index contributed by atoms with van der Waals surface area (Å²) in [5.41, 5.74) is 1.25. The molecule has 3 nitrogen and oxygen atoms in total. The average Bonchev–Trinajstić information content (AvgIpc) is 2.50. The van der Waals surface area contributed by atoms with Gasteiger partial charge in [0.1, 0.15) is 5.75 Å². The maximum absolute atomic E-state index is 6.03. The zero-order chi connectivity index (χ0) is 14.5. The van der Waals surface area contributed by atoms with E-state index in [1.807, 2.05) is 0 Å². The molecule has 1 saturated heterocycles. The van der Waals surface area contributed by atoms with Crippen molar-refractivity contribution in [2.45, 2.75) is 37.8 Å². The van der Waals surface area contributed by atoms with Gasteiger partial charge in [-0.05, 0) is 44.4 Å². The predicted octanol–water partition coefficient (Wildman–Crippen LogP) is 3.99. The van der Waals surface area contributed by atoms with E-state index in [1.165, 1.54) is 5.56 Å². The number of benzene rings is 1. The lowest BCUT2D eigenvalue weighted by atomic mass is 9.94. The minimum atomic E-state index is 0.316. The topological polar surface area (TPSA) is 30.5 Å². The highest BCUT2D eigenvalue weighted by molar-refractivity contribution is 9.10. The Morgan fingerprint density at radius 3 is 3.14 bits per heavy atom. The zero-order valence-electron chi connectivity index (χ0n) is 12.2. The molecule has 0 radical (unpaired) electrons. The van der Waals surface area contributed by atoms with Crippen LogP contribution in [0.5, 0.6) is 5.75 Å². The number of halogens is 1. The van der Waals surface area contributed by atoms with Crippen LogP contribution in [0.3, 0.4) is 0 Å². The van der Waals surface area contributed by atoms with E-state index in [1.54, 1.807) is 0 Å². The number of piperidine rings is 1. The summed E-state index contributed by atoms with van der Waals surface area (Å²) in [6, 6.07) is 6.65. The van der Waals surface area contributed by atoms with Crippen molar-refractivity contribution >= 4 is 15.9 Å². The lowest BCUT2D eigenvalue weighted by molar-refractivity contribution is 0.0386. The van der Waals surface area contributed by atoms with Crippen LogP contribution in [0, 0.1) is 0 Å². The van der Waals surface area contributed by atoms with Crippen molar-refractivity contribution in [3.63, 3.8) is 0 Å². The van der Waals surface area contributed by atoms with Crippen molar-refractivity contribution in [1.29, 1.82) is 0 Å². The van der Waals surface area contributed by atoms with Crippen LogP contribution in [-0.4, -0.2) is 25.9 Å². The van der Waals surface area contributed by atoms with Gasteiger partial charge in [0.15, 0.2) is 0 Å². The minimum Gasteiger partial charge on any atom is -0.493 e. The van der Waals surface area contributed by atoms with Crippen LogP contribution in [0.1, 0.15) is 37.3 Å². The Morgan fingerprint density at radius 1 is 1.24 bits per heavy atom. The number of hydrogen-bond donors (Lipinski definition) is 1. The largest absolute Gasteiger partial charge is 0.493 e. The van der Waals surface area contributed by atoms with Gasteiger partial charge in [-0.1, -0.05) is 34.1 Å². The second kappa shape index (κ2) is 7.43. The molecule has 2 aliphatic rings. The lowest BCUT2D eigenvalue weighted by Crippen LogP contribution is -2.36. The smallest absolute Gasteiger partial charge is 0.125 e. The monoisotopic (exact) mass is 351 g/mol. The third-order valence-corrected chi connectivity index (χ3v) is 4.57. The van der Waals surface area contributed by atoms with Crippen molar-refractivity contribution in [3.8, 4) is 5.75 Å². The first-order valence-corrected chi connectivity index (χ1v) is 8.54. The first kappa shape index (κ1) is 15.1. The van der Waals surface area contributed by atoms with Gasteiger partial charge in [0, 0.05) is 16.1 Å². The maximum atomic E-state index is 6.03. The van der Waals surface area contributed by atoms with E-state index >= 15 is 0 Å². The van der Waals surface area contributed by atoms with Crippen molar-refractivity contribution in [1.82, 2.24) is 5.32 Å². The summed E-state index contributed by atoms with van der Waals surface area (Å²) in [7, 11) is 0. The Balaban J connectivity index is 1.85. The highest BCUT2D eigenvalue weighted by Gasteiger charge is 2.25. The summed E-state index contributed by atoms with van der Waals surface area (Å²) in [5.74, 6) is 0.991. The van der Waals surface area contributed by atoms with Gasteiger partial charge in [-0.3, -0.25) is 0 Å². The van der Waals surface area contributed by atoms with Crippen LogP contribution in [-0.2, 0) is 4.74 Å². The molecule has 1 aromatic rings. The Morgan fingerprint density at radius 2 is 2.19 bits per heavy atom. The summed E-state index contributed by atoms with van der Waals surface area (Å²) >= 11 is 3.54. The Kier molecular flexibility index (Phi) is 5.33. The van der Waals surface area contributed by atoms with Crippen LogP contribution in [0.2, 0.25) is 0 Å². The van der Waals surface area contributed by atoms with Gasteiger partial charge >= 0.3 is 0 Å². The molecule has 2 aliphatic heterocycles. The first-order valence-electron chi connectivity index (χ1n) is 7.75. The van der Waals surface area contributed by atoms with E-state index in [0.29, 0.717) is 12.1 Å². The van der Waals surface area contributed by atoms with E-state index in [9.17, 15) is 0 Å². The SMILES string of the molecule is Brc1ccc2c(c1)OCCC/C=C\CO[C@H]1CCN[C@H]2C1. The number of allylic oxidation sites excluding steroid dienone is 1.